The molecule has 2 atom stereocenters. The van der Waals surface area contributed by atoms with E-state index in [1.807, 2.05) is 0 Å². The second-order valence-electron chi connectivity index (χ2n) is 5.71. The summed E-state index contributed by atoms with van der Waals surface area (Å²) in [6, 6.07) is 1.41. The van der Waals surface area contributed by atoms with Gasteiger partial charge in [0.25, 0.3) is 0 Å². The summed E-state index contributed by atoms with van der Waals surface area (Å²) in [6.07, 6.45) is 4.87. The van der Waals surface area contributed by atoms with E-state index in [4.69, 9.17) is 0 Å². The monoisotopic (exact) mass is 239 g/mol. The summed E-state index contributed by atoms with van der Waals surface area (Å²) in [5.74, 6) is 0.207. The number of nitrogens with zero attached hydrogens (tertiary/aromatic N) is 1. The van der Waals surface area contributed by atoms with Crippen molar-refractivity contribution in [2.45, 2.75) is 57.7 Å². The number of carbonyl (C=O) groups is 1. The third-order valence-electron chi connectivity index (χ3n) is 3.72. The van der Waals surface area contributed by atoms with Gasteiger partial charge >= 0.3 is 0 Å². The number of piperazine rings is 1. The molecule has 1 saturated carbocycles. The number of amides is 1. The zero-order chi connectivity index (χ0) is 12.3. The summed E-state index contributed by atoms with van der Waals surface area (Å²) in [5, 5.41) is 6.64. The molecule has 0 spiro atoms. The van der Waals surface area contributed by atoms with Crippen molar-refractivity contribution < 1.29 is 4.79 Å². The fourth-order valence-electron chi connectivity index (χ4n) is 3.12. The smallest absolute Gasteiger partial charge is 0.234 e. The summed E-state index contributed by atoms with van der Waals surface area (Å²) < 4.78 is 0. The topological polar surface area (TPSA) is 44.4 Å². The minimum atomic E-state index is 0.207. The van der Waals surface area contributed by atoms with Crippen LogP contribution in [0.1, 0.15) is 39.5 Å². The molecule has 1 amide bonds. The maximum absolute atomic E-state index is 11.9. The lowest BCUT2D eigenvalue weighted by atomic mass is 10.1. The molecule has 0 aromatic heterocycles. The van der Waals surface area contributed by atoms with Crippen LogP contribution in [0, 0.1) is 0 Å². The van der Waals surface area contributed by atoms with Crippen molar-refractivity contribution in [1.29, 1.82) is 0 Å². The molecule has 0 aromatic rings. The molecule has 2 unspecified atom stereocenters. The average molecular weight is 239 g/mol. The number of carbonyl (C=O) groups excluding carboxylic acids is 1. The summed E-state index contributed by atoms with van der Waals surface area (Å²) in [7, 11) is 0. The van der Waals surface area contributed by atoms with E-state index in [0.29, 0.717) is 24.7 Å². The van der Waals surface area contributed by atoms with E-state index in [0.717, 1.165) is 13.1 Å². The van der Waals surface area contributed by atoms with Crippen molar-refractivity contribution in [3.63, 3.8) is 0 Å². The predicted octanol–water partition coefficient (Wildman–Crippen LogP) is 0.727. The summed E-state index contributed by atoms with van der Waals surface area (Å²) >= 11 is 0. The summed E-state index contributed by atoms with van der Waals surface area (Å²) in [4.78, 5) is 14.2. The van der Waals surface area contributed by atoms with Crippen molar-refractivity contribution in [3.8, 4) is 0 Å². The van der Waals surface area contributed by atoms with Crippen LogP contribution in [0.3, 0.4) is 0 Å². The van der Waals surface area contributed by atoms with Gasteiger partial charge in [0.2, 0.25) is 5.91 Å². The zero-order valence-electron chi connectivity index (χ0n) is 11.0. The van der Waals surface area contributed by atoms with Crippen molar-refractivity contribution in [3.05, 3.63) is 0 Å². The fraction of sp³-hybridized carbons (Fsp3) is 0.923. The van der Waals surface area contributed by atoms with Gasteiger partial charge in [-0.15, -0.1) is 0 Å². The average Bonchev–Trinajstić information content (AvgIpc) is 2.67. The Morgan fingerprint density at radius 1 is 1.24 bits per heavy atom. The van der Waals surface area contributed by atoms with Gasteiger partial charge in [0.1, 0.15) is 0 Å². The van der Waals surface area contributed by atoms with E-state index >= 15 is 0 Å². The summed E-state index contributed by atoms with van der Waals surface area (Å²) in [6.45, 7) is 6.87. The Bertz CT molecular complexity index is 253. The molecule has 0 bridgehead atoms. The Kier molecular flexibility index (Phi) is 4.40. The van der Waals surface area contributed by atoms with Gasteiger partial charge in [-0.1, -0.05) is 12.8 Å². The number of hydrogen-bond acceptors (Lipinski definition) is 3. The lowest BCUT2D eigenvalue weighted by Gasteiger charge is -2.35. The molecule has 4 heteroatoms. The van der Waals surface area contributed by atoms with E-state index in [1.54, 1.807) is 0 Å². The first-order valence-corrected chi connectivity index (χ1v) is 6.91. The highest BCUT2D eigenvalue weighted by Crippen LogP contribution is 2.17. The molecule has 1 aliphatic carbocycles. The molecule has 2 rings (SSSR count). The molecule has 1 saturated heterocycles. The highest BCUT2D eigenvalue weighted by Gasteiger charge is 2.24. The lowest BCUT2D eigenvalue weighted by Crippen LogP contribution is -2.56. The molecule has 0 radical (unpaired) electrons. The van der Waals surface area contributed by atoms with Crippen molar-refractivity contribution in [2.24, 2.45) is 0 Å². The standard InChI is InChI=1S/C13H25N3O/c1-10-7-16(8-11(2)14-10)9-13(17)15-12-5-3-4-6-12/h10-12,14H,3-9H2,1-2H3,(H,15,17). The minimum absolute atomic E-state index is 0.207. The molecule has 2 fully saturated rings. The van der Waals surface area contributed by atoms with E-state index in [2.05, 4.69) is 29.4 Å². The Morgan fingerprint density at radius 2 is 1.82 bits per heavy atom. The molecular formula is C13H25N3O. The maximum atomic E-state index is 11.9. The van der Waals surface area contributed by atoms with Crippen LogP contribution < -0.4 is 10.6 Å². The Morgan fingerprint density at radius 3 is 2.41 bits per heavy atom. The van der Waals surface area contributed by atoms with Crippen molar-refractivity contribution in [2.75, 3.05) is 19.6 Å². The van der Waals surface area contributed by atoms with E-state index < -0.39 is 0 Å². The molecule has 17 heavy (non-hydrogen) atoms. The van der Waals surface area contributed by atoms with Crippen LogP contribution in [-0.2, 0) is 4.79 Å². The molecule has 1 heterocycles. The molecular weight excluding hydrogens is 214 g/mol. The molecule has 98 valence electrons. The lowest BCUT2D eigenvalue weighted by molar-refractivity contribution is -0.123. The Balaban J connectivity index is 1.73. The van der Waals surface area contributed by atoms with Gasteiger partial charge in [-0.25, -0.2) is 0 Å². The van der Waals surface area contributed by atoms with Gasteiger partial charge in [0.05, 0.1) is 6.54 Å². The second kappa shape index (κ2) is 5.83. The molecule has 0 aromatic carbocycles. The van der Waals surface area contributed by atoms with E-state index in [1.165, 1.54) is 25.7 Å². The van der Waals surface area contributed by atoms with Gasteiger partial charge in [0, 0.05) is 31.2 Å². The number of nitrogens with one attached hydrogen (secondary N) is 2. The van der Waals surface area contributed by atoms with Gasteiger partial charge in [-0.2, -0.15) is 0 Å². The second-order valence-corrected chi connectivity index (χ2v) is 5.71. The SMILES string of the molecule is CC1CN(CC(=O)NC2CCCC2)CC(C)N1. The van der Waals surface area contributed by atoms with Crippen LogP contribution in [-0.4, -0.2) is 48.6 Å². The first kappa shape index (κ1) is 12.8. The van der Waals surface area contributed by atoms with Gasteiger partial charge in [0.15, 0.2) is 0 Å². The van der Waals surface area contributed by atoms with Crippen LogP contribution in [0.2, 0.25) is 0 Å². The van der Waals surface area contributed by atoms with Crippen molar-refractivity contribution >= 4 is 5.91 Å². The predicted molar refractivity (Wildman–Crippen MR) is 68.9 cm³/mol. The quantitative estimate of drug-likeness (QED) is 0.763. The van der Waals surface area contributed by atoms with Crippen LogP contribution in [0.25, 0.3) is 0 Å². The highest BCUT2D eigenvalue weighted by atomic mass is 16.2. The van der Waals surface area contributed by atoms with Crippen LogP contribution >= 0.6 is 0 Å². The van der Waals surface area contributed by atoms with Crippen LogP contribution in [0.4, 0.5) is 0 Å². The molecule has 1 aliphatic heterocycles. The van der Waals surface area contributed by atoms with Gasteiger partial charge in [-0.3, -0.25) is 9.69 Å². The van der Waals surface area contributed by atoms with Crippen LogP contribution in [0.5, 0.6) is 0 Å². The minimum Gasteiger partial charge on any atom is -0.352 e. The Labute approximate surface area is 104 Å². The third-order valence-corrected chi connectivity index (χ3v) is 3.72. The first-order valence-electron chi connectivity index (χ1n) is 6.91. The maximum Gasteiger partial charge on any atom is 0.234 e. The Hall–Kier alpha value is -0.610. The van der Waals surface area contributed by atoms with E-state index in [-0.39, 0.29) is 5.91 Å². The number of hydrogen-bond donors (Lipinski definition) is 2. The molecule has 4 nitrogen and oxygen atoms in total. The molecule has 2 aliphatic rings. The summed E-state index contributed by atoms with van der Waals surface area (Å²) in [5.41, 5.74) is 0. The molecule has 2 N–H and O–H groups in total. The van der Waals surface area contributed by atoms with Crippen LogP contribution in [0.15, 0.2) is 0 Å². The van der Waals surface area contributed by atoms with E-state index in [9.17, 15) is 4.79 Å². The first-order chi connectivity index (χ1) is 8.13. The number of rotatable bonds is 3. The zero-order valence-corrected chi connectivity index (χ0v) is 11.0. The fourth-order valence-corrected chi connectivity index (χ4v) is 3.12. The van der Waals surface area contributed by atoms with Gasteiger partial charge in [-0.05, 0) is 26.7 Å². The highest BCUT2D eigenvalue weighted by molar-refractivity contribution is 5.78. The van der Waals surface area contributed by atoms with Gasteiger partial charge < -0.3 is 10.6 Å². The normalized spacial score (nSPS) is 31.6. The third kappa shape index (κ3) is 3.96. The largest absolute Gasteiger partial charge is 0.352 e. The van der Waals surface area contributed by atoms with Crippen molar-refractivity contribution in [1.82, 2.24) is 15.5 Å².